The zero-order valence-electron chi connectivity index (χ0n) is 8.16. The standard InChI is InChI=1S/C12H13ClO/c1-8(14)12(9-2-3-9)10-4-6-11(13)7-5-10/h4-7,9,12H,2-3H2,1H3. The van der Waals surface area contributed by atoms with Gasteiger partial charge in [-0.15, -0.1) is 0 Å². The lowest BCUT2D eigenvalue weighted by atomic mass is 9.91. The molecular formula is C12H13ClO. The highest BCUT2D eigenvalue weighted by molar-refractivity contribution is 6.30. The molecule has 1 aliphatic carbocycles. The van der Waals surface area contributed by atoms with E-state index in [1.807, 2.05) is 24.3 Å². The van der Waals surface area contributed by atoms with Gasteiger partial charge in [-0.25, -0.2) is 0 Å². The third-order valence-corrected chi connectivity index (χ3v) is 3.01. The predicted molar refractivity (Wildman–Crippen MR) is 57.6 cm³/mol. The van der Waals surface area contributed by atoms with Gasteiger partial charge in [0.1, 0.15) is 5.78 Å². The molecule has 0 N–H and O–H groups in total. The van der Waals surface area contributed by atoms with Crippen LogP contribution in [0.5, 0.6) is 0 Å². The van der Waals surface area contributed by atoms with E-state index in [0.29, 0.717) is 5.92 Å². The summed E-state index contributed by atoms with van der Waals surface area (Å²) in [6.07, 6.45) is 2.37. The summed E-state index contributed by atoms with van der Waals surface area (Å²) >= 11 is 5.81. The molecule has 1 saturated carbocycles. The quantitative estimate of drug-likeness (QED) is 0.744. The lowest BCUT2D eigenvalue weighted by molar-refractivity contribution is -0.118. The Hall–Kier alpha value is -0.820. The van der Waals surface area contributed by atoms with Gasteiger partial charge in [0.05, 0.1) is 0 Å². The number of hydrogen-bond donors (Lipinski definition) is 0. The van der Waals surface area contributed by atoms with E-state index in [-0.39, 0.29) is 11.7 Å². The van der Waals surface area contributed by atoms with Gasteiger partial charge in [0.25, 0.3) is 0 Å². The van der Waals surface area contributed by atoms with E-state index in [1.54, 1.807) is 6.92 Å². The Morgan fingerprint density at radius 1 is 1.36 bits per heavy atom. The first kappa shape index (κ1) is 9.72. The maximum Gasteiger partial charge on any atom is 0.137 e. The van der Waals surface area contributed by atoms with Gasteiger partial charge in [-0.05, 0) is 43.4 Å². The molecule has 1 aromatic rings. The van der Waals surface area contributed by atoms with Gasteiger partial charge in [-0.1, -0.05) is 23.7 Å². The van der Waals surface area contributed by atoms with Gasteiger partial charge in [0.15, 0.2) is 0 Å². The largest absolute Gasteiger partial charge is 0.299 e. The second kappa shape index (κ2) is 3.74. The van der Waals surface area contributed by atoms with Gasteiger partial charge >= 0.3 is 0 Å². The monoisotopic (exact) mass is 208 g/mol. The highest BCUT2D eigenvalue weighted by atomic mass is 35.5. The van der Waals surface area contributed by atoms with Crippen molar-refractivity contribution in [3.63, 3.8) is 0 Å². The van der Waals surface area contributed by atoms with Crippen LogP contribution in [-0.4, -0.2) is 5.78 Å². The Balaban J connectivity index is 2.26. The fourth-order valence-corrected chi connectivity index (χ4v) is 2.06. The van der Waals surface area contributed by atoms with E-state index in [9.17, 15) is 4.79 Å². The van der Waals surface area contributed by atoms with Crippen molar-refractivity contribution < 1.29 is 4.79 Å². The summed E-state index contributed by atoms with van der Waals surface area (Å²) in [5.41, 5.74) is 1.12. The van der Waals surface area contributed by atoms with Crippen LogP contribution in [0.15, 0.2) is 24.3 Å². The minimum Gasteiger partial charge on any atom is -0.299 e. The second-order valence-electron chi connectivity index (χ2n) is 3.98. The minimum absolute atomic E-state index is 0.104. The van der Waals surface area contributed by atoms with E-state index in [1.165, 1.54) is 12.8 Å². The normalized spacial score (nSPS) is 17.9. The minimum atomic E-state index is 0.104. The lowest BCUT2D eigenvalue weighted by Crippen LogP contribution is -2.10. The molecule has 0 saturated heterocycles. The topological polar surface area (TPSA) is 17.1 Å². The molecule has 0 aromatic heterocycles. The average Bonchev–Trinajstić information content (AvgIpc) is 2.92. The molecule has 1 aromatic carbocycles. The lowest BCUT2D eigenvalue weighted by Gasteiger charge is -2.12. The summed E-state index contributed by atoms with van der Waals surface area (Å²) < 4.78 is 0. The summed E-state index contributed by atoms with van der Waals surface area (Å²) in [6.45, 7) is 1.68. The Morgan fingerprint density at radius 2 is 1.93 bits per heavy atom. The number of carbonyl (C=O) groups is 1. The SMILES string of the molecule is CC(=O)C(c1ccc(Cl)cc1)C1CC1. The van der Waals surface area contributed by atoms with Crippen molar-refractivity contribution in [3.05, 3.63) is 34.9 Å². The molecule has 0 amide bonds. The molecule has 0 heterocycles. The number of hydrogen-bond acceptors (Lipinski definition) is 1. The van der Waals surface area contributed by atoms with Crippen LogP contribution in [0.25, 0.3) is 0 Å². The molecule has 0 spiro atoms. The zero-order valence-corrected chi connectivity index (χ0v) is 8.92. The van der Waals surface area contributed by atoms with Crippen LogP contribution in [0, 0.1) is 5.92 Å². The van der Waals surface area contributed by atoms with Crippen LogP contribution < -0.4 is 0 Å². The zero-order chi connectivity index (χ0) is 10.1. The van der Waals surface area contributed by atoms with Crippen LogP contribution in [0.2, 0.25) is 5.02 Å². The van der Waals surface area contributed by atoms with E-state index in [2.05, 4.69) is 0 Å². The molecular weight excluding hydrogens is 196 g/mol. The molecule has 0 aliphatic heterocycles. The summed E-state index contributed by atoms with van der Waals surface area (Å²) in [5, 5.41) is 0.729. The second-order valence-corrected chi connectivity index (χ2v) is 4.41. The molecule has 2 heteroatoms. The van der Waals surface area contributed by atoms with Crippen molar-refractivity contribution in [2.24, 2.45) is 5.92 Å². The van der Waals surface area contributed by atoms with E-state index < -0.39 is 0 Å². The molecule has 1 fully saturated rings. The molecule has 1 atom stereocenters. The molecule has 2 rings (SSSR count). The van der Waals surface area contributed by atoms with Crippen molar-refractivity contribution >= 4 is 17.4 Å². The van der Waals surface area contributed by atoms with E-state index in [0.717, 1.165) is 10.6 Å². The first-order chi connectivity index (χ1) is 6.68. The molecule has 0 bridgehead atoms. The van der Waals surface area contributed by atoms with Crippen LogP contribution in [0.4, 0.5) is 0 Å². The predicted octanol–water partition coefficient (Wildman–Crippen LogP) is 3.42. The van der Waals surface area contributed by atoms with Crippen LogP contribution in [0.3, 0.4) is 0 Å². The number of halogens is 1. The Kier molecular flexibility index (Phi) is 2.60. The van der Waals surface area contributed by atoms with Crippen molar-refractivity contribution in [1.29, 1.82) is 0 Å². The molecule has 74 valence electrons. The molecule has 0 radical (unpaired) electrons. The van der Waals surface area contributed by atoms with Crippen molar-refractivity contribution in [2.45, 2.75) is 25.7 Å². The van der Waals surface area contributed by atoms with Crippen LogP contribution >= 0.6 is 11.6 Å². The Bertz CT molecular complexity index is 338. The fourth-order valence-electron chi connectivity index (χ4n) is 1.94. The smallest absolute Gasteiger partial charge is 0.137 e. The van der Waals surface area contributed by atoms with Crippen LogP contribution in [0.1, 0.15) is 31.2 Å². The van der Waals surface area contributed by atoms with Gasteiger partial charge in [-0.3, -0.25) is 4.79 Å². The van der Waals surface area contributed by atoms with E-state index in [4.69, 9.17) is 11.6 Å². The van der Waals surface area contributed by atoms with Gasteiger partial charge < -0.3 is 0 Å². The van der Waals surface area contributed by atoms with Crippen LogP contribution in [-0.2, 0) is 4.79 Å². The summed E-state index contributed by atoms with van der Waals surface area (Å²) in [6, 6.07) is 7.64. The highest BCUT2D eigenvalue weighted by Gasteiger charge is 2.34. The first-order valence-corrected chi connectivity index (χ1v) is 5.32. The van der Waals surface area contributed by atoms with Gasteiger partial charge in [0.2, 0.25) is 0 Å². The number of benzene rings is 1. The Labute approximate surface area is 89.1 Å². The number of rotatable bonds is 3. The van der Waals surface area contributed by atoms with Crippen molar-refractivity contribution in [1.82, 2.24) is 0 Å². The maximum absolute atomic E-state index is 11.5. The van der Waals surface area contributed by atoms with Gasteiger partial charge in [0, 0.05) is 10.9 Å². The van der Waals surface area contributed by atoms with Gasteiger partial charge in [-0.2, -0.15) is 0 Å². The molecule has 1 unspecified atom stereocenters. The van der Waals surface area contributed by atoms with E-state index >= 15 is 0 Å². The Morgan fingerprint density at radius 3 is 2.36 bits per heavy atom. The fraction of sp³-hybridized carbons (Fsp3) is 0.417. The average molecular weight is 209 g/mol. The molecule has 1 nitrogen and oxygen atoms in total. The van der Waals surface area contributed by atoms with Crippen molar-refractivity contribution in [3.8, 4) is 0 Å². The third-order valence-electron chi connectivity index (χ3n) is 2.76. The third kappa shape index (κ3) is 1.98. The number of carbonyl (C=O) groups excluding carboxylic acids is 1. The molecule has 1 aliphatic rings. The number of ketones is 1. The number of Topliss-reactive ketones (excluding diaryl/α,β-unsaturated/α-hetero) is 1. The molecule has 14 heavy (non-hydrogen) atoms. The summed E-state index contributed by atoms with van der Waals surface area (Å²) in [4.78, 5) is 11.5. The summed E-state index contributed by atoms with van der Waals surface area (Å²) in [7, 11) is 0. The highest BCUT2D eigenvalue weighted by Crippen LogP contribution is 2.43. The summed E-state index contributed by atoms with van der Waals surface area (Å²) in [5.74, 6) is 0.954. The first-order valence-electron chi connectivity index (χ1n) is 4.94. The van der Waals surface area contributed by atoms with Crippen molar-refractivity contribution in [2.75, 3.05) is 0 Å². The maximum atomic E-state index is 11.5.